The molecule has 0 saturated heterocycles. The molecule has 0 aliphatic heterocycles. The lowest BCUT2D eigenvalue weighted by atomic mass is 10.2. The molecule has 0 bridgehead atoms. The van der Waals surface area contributed by atoms with Gasteiger partial charge in [-0.25, -0.2) is 9.97 Å². The van der Waals surface area contributed by atoms with Crippen molar-refractivity contribution in [1.29, 1.82) is 0 Å². The molecule has 8 heteroatoms. The summed E-state index contributed by atoms with van der Waals surface area (Å²) in [6.07, 6.45) is 0. The first-order valence-corrected chi connectivity index (χ1v) is 8.03. The topological polar surface area (TPSA) is 95.4 Å². The smallest absolute Gasteiger partial charge is 0.204 e. The van der Waals surface area contributed by atoms with Gasteiger partial charge in [0.1, 0.15) is 12.4 Å². The molecule has 0 amide bonds. The average molecular weight is 382 g/mol. The normalized spacial score (nSPS) is 11.0. The summed E-state index contributed by atoms with van der Waals surface area (Å²) in [6.45, 7) is 0.304. The number of benzene rings is 2. The van der Waals surface area contributed by atoms with Crippen LogP contribution in [0.2, 0.25) is 0 Å². The Bertz CT molecular complexity index is 1010. The highest BCUT2D eigenvalue weighted by Gasteiger charge is 2.09. The van der Waals surface area contributed by atoms with Crippen molar-refractivity contribution in [3.8, 4) is 11.4 Å². The Hall–Kier alpha value is -2.87. The Kier molecular flexibility index (Phi) is 3.66. The fraction of sp³-hybridized carbons (Fsp3) is 0.0625. The molecule has 0 spiro atoms. The number of tetrazole rings is 1. The second-order valence-electron chi connectivity index (χ2n) is 5.19. The standard InChI is InChI=1S/C16H12BrN7/c17-11-7-5-10(6-8-11)16-21-23-24(22-16)9-14-19-13-4-2-1-3-12(13)15(18)20-14/h1-8H,9H2,(H2,18,19,20). The van der Waals surface area contributed by atoms with Crippen LogP contribution in [0.3, 0.4) is 0 Å². The molecule has 0 radical (unpaired) electrons. The number of anilines is 1. The number of hydrogen-bond donors (Lipinski definition) is 1. The molecule has 4 aromatic rings. The molecule has 118 valence electrons. The molecule has 4 rings (SSSR count). The highest BCUT2D eigenvalue weighted by atomic mass is 79.9. The van der Waals surface area contributed by atoms with E-state index in [4.69, 9.17) is 5.73 Å². The highest BCUT2D eigenvalue weighted by molar-refractivity contribution is 9.10. The predicted molar refractivity (Wildman–Crippen MR) is 94.0 cm³/mol. The van der Waals surface area contributed by atoms with Gasteiger partial charge in [-0.2, -0.15) is 4.80 Å². The molecule has 24 heavy (non-hydrogen) atoms. The van der Waals surface area contributed by atoms with Gasteiger partial charge in [0.2, 0.25) is 5.82 Å². The van der Waals surface area contributed by atoms with E-state index in [-0.39, 0.29) is 0 Å². The van der Waals surface area contributed by atoms with Gasteiger partial charge in [0, 0.05) is 15.4 Å². The van der Waals surface area contributed by atoms with Gasteiger partial charge in [-0.05, 0) is 41.6 Å². The van der Waals surface area contributed by atoms with Gasteiger partial charge in [-0.1, -0.05) is 28.1 Å². The molecule has 0 saturated carbocycles. The van der Waals surface area contributed by atoms with Crippen LogP contribution in [0.1, 0.15) is 5.82 Å². The fourth-order valence-corrected chi connectivity index (χ4v) is 2.64. The zero-order valence-electron chi connectivity index (χ0n) is 12.5. The number of aromatic nitrogens is 6. The molecular formula is C16H12BrN7. The molecule has 0 atom stereocenters. The van der Waals surface area contributed by atoms with Crippen LogP contribution in [0.4, 0.5) is 5.82 Å². The summed E-state index contributed by atoms with van der Waals surface area (Å²) in [5, 5.41) is 13.3. The predicted octanol–water partition coefficient (Wildman–Crippen LogP) is 2.68. The second kappa shape index (κ2) is 5.97. The molecule has 2 N–H and O–H groups in total. The van der Waals surface area contributed by atoms with Crippen LogP contribution < -0.4 is 5.73 Å². The van der Waals surface area contributed by atoms with Gasteiger partial charge in [0.05, 0.1) is 5.52 Å². The summed E-state index contributed by atoms with van der Waals surface area (Å²) in [5.74, 6) is 1.55. The summed E-state index contributed by atoms with van der Waals surface area (Å²) < 4.78 is 0.999. The Morgan fingerprint density at radius 1 is 1.00 bits per heavy atom. The minimum Gasteiger partial charge on any atom is -0.383 e. The minimum atomic E-state index is 0.304. The molecule has 0 aliphatic rings. The van der Waals surface area contributed by atoms with E-state index in [0.717, 1.165) is 20.9 Å². The molecule has 2 aromatic heterocycles. The minimum absolute atomic E-state index is 0.304. The largest absolute Gasteiger partial charge is 0.383 e. The summed E-state index contributed by atoms with van der Waals surface area (Å²) in [7, 11) is 0. The van der Waals surface area contributed by atoms with Gasteiger partial charge < -0.3 is 5.73 Å². The summed E-state index contributed by atoms with van der Waals surface area (Å²) >= 11 is 3.40. The van der Waals surface area contributed by atoms with Crippen molar-refractivity contribution in [2.75, 3.05) is 5.73 Å². The van der Waals surface area contributed by atoms with Crippen LogP contribution in [0.25, 0.3) is 22.3 Å². The van der Waals surface area contributed by atoms with Crippen LogP contribution in [0.5, 0.6) is 0 Å². The summed E-state index contributed by atoms with van der Waals surface area (Å²) in [5.41, 5.74) is 7.69. The highest BCUT2D eigenvalue weighted by Crippen LogP contribution is 2.19. The quantitative estimate of drug-likeness (QED) is 0.585. The Labute approximate surface area is 145 Å². The Morgan fingerprint density at radius 3 is 2.62 bits per heavy atom. The van der Waals surface area contributed by atoms with Crippen LogP contribution in [0.15, 0.2) is 53.0 Å². The third-order valence-corrected chi connectivity index (χ3v) is 4.05. The third-order valence-electron chi connectivity index (χ3n) is 3.52. The number of rotatable bonds is 3. The van der Waals surface area contributed by atoms with Crippen molar-refractivity contribution in [2.24, 2.45) is 0 Å². The lowest BCUT2D eigenvalue weighted by molar-refractivity contribution is 0.556. The van der Waals surface area contributed by atoms with Crippen LogP contribution in [-0.2, 0) is 6.54 Å². The molecule has 2 aromatic carbocycles. The lowest BCUT2D eigenvalue weighted by Gasteiger charge is -2.04. The summed E-state index contributed by atoms with van der Waals surface area (Å²) in [4.78, 5) is 10.3. The van der Waals surface area contributed by atoms with Gasteiger partial charge in [-0.15, -0.1) is 10.2 Å². The monoisotopic (exact) mass is 381 g/mol. The van der Waals surface area contributed by atoms with Crippen molar-refractivity contribution in [3.05, 3.63) is 58.8 Å². The van der Waals surface area contributed by atoms with E-state index in [1.807, 2.05) is 48.5 Å². The fourth-order valence-electron chi connectivity index (χ4n) is 2.37. The van der Waals surface area contributed by atoms with Crippen molar-refractivity contribution in [2.45, 2.75) is 6.54 Å². The number of nitrogen functional groups attached to an aromatic ring is 1. The molecule has 0 unspecified atom stereocenters. The van der Waals surface area contributed by atoms with Gasteiger partial charge >= 0.3 is 0 Å². The van der Waals surface area contributed by atoms with Crippen molar-refractivity contribution >= 4 is 32.7 Å². The van der Waals surface area contributed by atoms with E-state index in [0.29, 0.717) is 24.0 Å². The average Bonchev–Trinajstić information content (AvgIpc) is 3.04. The maximum Gasteiger partial charge on any atom is 0.204 e. The maximum absolute atomic E-state index is 6.00. The van der Waals surface area contributed by atoms with E-state index >= 15 is 0 Å². The van der Waals surface area contributed by atoms with Crippen LogP contribution in [0, 0.1) is 0 Å². The SMILES string of the molecule is Nc1nc(Cn2nnc(-c3ccc(Br)cc3)n2)nc2ccccc12. The number of halogens is 1. The third kappa shape index (κ3) is 2.83. The zero-order valence-corrected chi connectivity index (χ0v) is 14.1. The van der Waals surface area contributed by atoms with E-state index in [1.54, 1.807) is 0 Å². The number of fused-ring (bicyclic) bond motifs is 1. The van der Waals surface area contributed by atoms with E-state index in [2.05, 4.69) is 41.3 Å². The molecule has 2 heterocycles. The number of hydrogen-bond acceptors (Lipinski definition) is 6. The first-order chi connectivity index (χ1) is 11.7. The van der Waals surface area contributed by atoms with E-state index in [9.17, 15) is 0 Å². The molecule has 0 aliphatic carbocycles. The molecule has 7 nitrogen and oxygen atoms in total. The maximum atomic E-state index is 6.00. The van der Waals surface area contributed by atoms with Crippen LogP contribution >= 0.6 is 15.9 Å². The van der Waals surface area contributed by atoms with E-state index in [1.165, 1.54) is 4.80 Å². The lowest BCUT2D eigenvalue weighted by Crippen LogP contribution is -2.09. The first-order valence-electron chi connectivity index (χ1n) is 7.24. The van der Waals surface area contributed by atoms with E-state index < -0.39 is 0 Å². The molecule has 0 fully saturated rings. The second-order valence-corrected chi connectivity index (χ2v) is 6.11. The van der Waals surface area contributed by atoms with Gasteiger partial charge in [0.25, 0.3) is 0 Å². The summed E-state index contributed by atoms with van der Waals surface area (Å²) in [6, 6.07) is 15.3. The van der Waals surface area contributed by atoms with Gasteiger partial charge in [0.15, 0.2) is 5.82 Å². The number of nitrogens with zero attached hydrogens (tertiary/aromatic N) is 6. The number of nitrogens with two attached hydrogens (primary N) is 1. The zero-order chi connectivity index (χ0) is 16.5. The number of para-hydroxylation sites is 1. The Morgan fingerprint density at radius 2 is 1.79 bits per heavy atom. The van der Waals surface area contributed by atoms with Crippen molar-refractivity contribution < 1.29 is 0 Å². The Balaban J connectivity index is 1.63. The molecular weight excluding hydrogens is 370 g/mol. The van der Waals surface area contributed by atoms with Crippen molar-refractivity contribution in [3.63, 3.8) is 0 Å². The first kappa shape index (κ1) is 14.7. The van der Waals surface area contributed by atoms with Gasteiger partial charge in [-0.3, -0.25) is 0 Å². The van der Waals surface area contributed by atoms with Crippen molar-refractivity contribution in [1.82, 2.24) is 30.2 Å². The van der Waals surface area contributed by atoms with Crippen LogP contribution in [-0.4, -0.2) is 30.2 Å².